The predicted molar refractivity (Wildman–Crippen MR) is 499 cm³/mol. The average molecular weight is 2400 g/mol. The van der Waals surface area contributed by atoms with Gasteiger partial charge in [0.15, 0.2) is 23.1 Å². The number of methoxy groups -OCH3 is 1. The Hall–Kier alpha value is -12.2. The number of allylic oxidation sites excluding steroid dienone is 8. The van der Waals surface area contributed by atoms with Crippen LogP contribution in [-0.2, 0) is 99.6 Å². The third-order valence-electron chi connectivity index (χ3n) is 18.9. The van der Waals surface area contributed by atoms with Gasteiger partial charge in [0.1, 0.15) is 0 Å². The van der Waals surface area contributed by atoms with E-state index in [1.807, 2.05) is 84.9 Å². The normalized spacial score (nSPS) is 10.8. The van der Waals surface area contributed by atoms with Crippen LogP contribution in [0.2, 0.25) is 0 Å². The second kappa shape index (κ2) is 50.8. The Labute approximate surface area is 798 Å². The van der Waals surface area contributed by atoms with Crippen LogP contribution in [-0.4, -0.2) is 88.9 Å². The maximum Gasteiger partial charge on any atom is 0.155 e. The quantitative estimate of drug-likeness (QED) is 0.0479. The summed E-state index contributed by atoms with van der Waals surface area (Å²) in [6.45, 7) is 30.4. The minimum Gasteiger partial charge on any atom is -0.516 e. The number of nitrogens with zero attached hydrogens (tertiary/aromatic N) is 8. The smallest absolute Gasteiger partial charge is 0.155 e. The van der Waals surface area contributed by atoms with Gasteiger partial charge in [0.2, 0.25) is 0 Å². The number of hydrogen-bond acceptors (Lipinski definition) is 13. The summed E-state index contributed by atoms with van der Waals surface area (Å²) in [6.07, 6.45) is 21.2. The number of aliphatic hydroxyl groups excluding tert-OH is 4. The molecule has 0 unspecified atom stereocenters. The van der Waals surface area contributed by atoms with Gasteiger partial charge in [-0.15, -0.1) is 135 Å². The zero-order valence-electron chi connectivity index (χ0n) is 74.3. The summed E-state index contributed by atoms with van der Waals surface area (Å²) in [5, 5.41) is 38.0. The van der Waals surface area contributed by atoms with Crippen molar-refractivity contribution in [1.82, 2.24) is 38.2 Å². The molecule has 17 nitrogen and oxygen atoms in total. The van der Waals surface area contributed by atoms with E-state index < -0.39 is 0 Å². The van der Waals surface area contributed by atoms with Crippen molar-refractivity contribution in [2.24, 2.45) is 0 Å². The summed E-state index contributed by atoms with van der Waals surface area (Å²) in [5.74, 6) is 0.560. The molecule has 0 saturated heterocycles. The van der Waals surface area contributed by atoms with Crippen molar-refractivity contribution in [2.75, 3.05) is 7.11 Å². The number of carbonyl (C=O) groups excluding carboxylic acids is 4. The van der Waals surface area contributed by atoms with E-state index in [1.165, 1.54) is 147 Å². The summed E-state index contributed by atoms with van der Waals surface area (Å²) in [5.41, 5.74) is 27.7. The molecule has 0 amide bonds. The molecule has 8 aromatic carbocycles. The van der Waals surface area contributed by atoms with E-state index in [0.29, 0.717) is 0 Å². The van der Waals surface area contributed by atoms with E-state index in [2.05, 4.69) is 276 Å². The summed E-state index contributed by atoms with van der Waals surface area (Å²) in [7, 11) is 1.67. The summed E-state index contributed by atoms with van der Waals surface area (Å²) >= 11 is 0. The second-order valence-electron chi connectivity index (χ2n) is 29.9. The number of fused-ring (bicyclic) bond motifs is 4. The van der Waals surface area contributed by atoms with Gasteiger partial charge in [0, 0.05) is 204 Å². The number of benzene rings is 8. The van der Waals surface area contributed by atoms with Crippen LogP contribution in [0.15, 0.2) is 303 Å². The average Bonchev–Trinajstić information content (AvgIpc) is 1.82. The van der Waals surface area contributed by atoms with Crippen molar-refractivity contribution < 1.29 is 125 Å². The van der Waals surface area contributed by atoms with Gasteiger partial charge >= 0.3 is 0 Å². The Morgan fingerprint density at radius 3 is 0.866 bits per heavy atom. The number of rotatable bonds is 13. The van der Waals surface area contributed by atoms with Crippen LogP contribution in [0.3, 0.4) is 0 Å². The molecule has 0 aliphatic heterocycles. The van der Waals surface area contributed by atoms with Gasteiger partial charge in [-0.05, 0) is 225 Å². The summed E-state index contributed by atoms with van der Waals surface area (Å²) in [4.78, 5) is 59.4. The van der Waals surface area contributed by atoms with Gasteiger partial charge in [-0.3, -0.25) is 39.1 Å². The predicted octanol–water partition coefficient (Wildman–Crippen LogP) is 24.9. The van der Waals surface area contributed by atoms with Gasteiger partial charge in [-0.1, -0.05) is 83.1 Å². The Kier molecular flexibility index (Phi) is 42.1. The van der Waals surface area contributed by atoms with E-state index in [4.69, 9.17) is 45.1 Å². The second-order valence-corrected chi connectivity index (χ2v) is 29.9. The Morgan fingerprint density at radius 2 is 0.598 bits per heavy atom. The molecule has 8 aromatic heterocycles. The Morgan fingerprint density at radius 1 is 0.315 bits per heavy atom. The maximum atomic E-state index is 10.0. The van der Waals surface area contributed by atoms with E-state index in [-0.39, 0.29) is 127 Å². The zero-order chi connectivity index (χ0) is 89.1. The molecule has 127 heavy (non-hydrogen) atoms. The van der Waals surface area contributed by atoms with Crippen LogP contribution >= 0.6 is 0 Å². The Bertz CT molecular complexity index is 6380. The van der Waals surface area contributed by atoms with Crippen molar-refractivity contribution in [1.29, 1.82) is 0 Å². The third-order valence-corrected chi connectivity index (χ3v) is 18.9. The van der Waals surface area contributed by atoms with Crippen LogP contribution in [0.1, 0.15) is 105 Å². The molecule has 662 valence electrons. The molecule has 4 N–H and O–H groups in total. The van der Waals surface area contributed by atoms with Crippen LogP contribution in [0.5, 0.6) is 5.75 Å². The number of ether oxygens (including phenoxy) is 1. The van der Waals surface area contributed by atoms with E-state index in [1.54, 1.807) is 7.11 Å². The number of ketones is 4. The SMILES string of the molecule is CC(=O)C=C(C)O.CC(=O)C=C(C)O.CC(=O)C=C(C)O.CC(=O)C=C(C)O.COc1cc[c-]c(-c2ccc3cc(-n4cccc4)c(C)cc3n2)c1.Cc1[c-]c(-c2ccc3cc(-n4cccc4)c(C)cc3n2)cc(C)c1.Cc1c[c-]c(-c2ccc3cc(-n4cccc4)c(C)cc3n2)cc1C.Cc1cc[c-]c(-c2ccc3cc(-n4cccc4)c(C)cc3n2)c1.[Ir].[Ir].[Ir].[Ir]. The summed E-state index contributed by atoms with van der Waals surface area (Å²) < 4.78 is 13.8. The van der Waals surface area contributed by atoms with E-state index in [0.717, 1.165) is 100.0 Å². The molecule has 0 bridgehead atoms. The Balaban J connectivity index is 0.000000270. The first kappa shape index (κ1) is 105. The fraction of sp³-hybridized carbons (Fsp3) is 0.170. The number of aromatic nitrogens is 8. The minimum absolute atomic E-state index is 0. The van der Waals surface area contributed by atoms with Crippen LogP contribution in [0.4, 0.5) is 0 Å². The summed E-state index contributed by atoms with van der Waals surface area (Å²) in [6, 6.07) is 84.1. The standard InChI is InChI=1S/2C22H19N2.C21H17N2O.C21H17N2.4C5H8O2.4Ir/c1-15-6-7-18(12-16(15)2)20-9-8-19-14-22(24-10-4-5-11-24)17(3)13-21(19)23-20;1-15-10-16(2)12-19(11-15)20-7-6-18-14-22(24-8-4-5-9-24)17(3)13-21(18)23-20;1-15-12-20-17(14-21(15)23-10-3-4-11-23)8-9-19(22-20)16-6-5-7-18(13-16)24-2;1-15-6-5-7-17(12-15)19-9-8-18-14-21(23-10-3-4-11-23)16(2)13-20(18)22-19;4*1-4(6)3-5(2)7;;;;/h4-6,8-14H,1-3H3;4-11,13-14H,1-3H3;3-5,7-14H,1-2H3;3-6,8-14H,1-2H3;4*3,6H,1-2H3;;;;/q4*-1;;;;;;;;. The fourth-order valence-corrected chi connectivity index (χ4v) is 13.2. The number of aliphatic hydroxyl groups is 4. The van der Waals surface area contributed by atoms with Gasteiger partial charge in [0.25, 0.3) is 0 Å². The molecule has 16 aromatic rings. The van der Waals surface area contributed by atoms with Crippen molar-refractivity contribution in [2.45, 2.75) is 118 Å². The minimum atomic E-state index is -0.125. The van der Waals surface area contributed by atoms with E-state index in [9.17, 15) is 19.2 Å². The van der Waals surface area contributed by atoms with Crippen LogP contribution in [0, 0.1) is 86.6 Å². The van der Waals surface area contributed by atoms with Gasteiger partial charge < -0.3 is 43.4 Å². The molecule has 0 fully saturated rings. The molecular formula is C106H104Ir4N8O9-4. The molecule has 0 spiro atoms. The molecule has 0 aliphatic rings. The molecule has 0 atom stereocenters. The van der Waals surface area contributed by atoms with Gasteiger partial charge in [-0.2, -0.15) is 0 Å². The van der Waals surface area contributed by atoms with Crippen molar-refractivity contribution in [3.05, 3.63) is 378 Å². The zero-order valence-corrected chi connectivity index (χ0v) is 83.9. The number of pyridine rings is 4. The molecule has 0 aliphatic carbocycles. The van der Waals surface area contributed by atoms with Crippen LogP contribution in [0.25, 0.3) is 111 Å². The number of hydrogen-bond donors (Lipinski definition) is 4. The molecule has 16 rings (SSSR count). The molecule has 21 heteroatoms. The largest absolute Gasteiger partial charge is 0.516 e. The number of aryl methyl sites for hydroxylation is 9. The maximum absolute atomic E-state index is 10.0. The molecule has 4 radical (unpaired) electrons. The van der Waals surface area contributed by atoms with Crippen LogP contribution < -0.4 is 4.74 Å². The van der Waals surface area contributed by atoms with E-state index >= 15 is 0 Å². The van der Waals surface area contributed by atoms with Gasteiger partial charge in [0.05, 0.1) is 52.2 Å². The van der Waals surface area contributed by atoms with Crippen molar-refractivity contribution in [3.63, 3.8) is 0 Å². The first-order valence-corrected chi connectivity index (χ1v) is 39.9. The first-order valence-electron chi connectivity index (χ1n) is 39.9. The van der Waals surface area contributed by atoms with Gasteiger partial charge in [-0.25, -0.2) is 0 Å². The molecule has 0 saturated carbocycles. The third kappa shape index (κ3) is 32.0. The first-order chi connectivity index (χ1) is 58.7. The number of carbonyl (C=O) groups is 4. The van der Waals surface area contributed by atoms with Crippen molar-refractivity contribution in [3.8, 4) is 73.5 Å². The van der Waals surface area contributed by atoms with Crippen molar-refractivity contribution >= 4 is 66.7 Å². The topological polar surface area (TPSA) is 230 Å². The molecular weight excluding hydrogens is 2300 g/mol. The monoisotopic (exact) mass is 2400 g/mol. The fourth-order valence-electron chi connectivity index (χ4n) is 13.2. The molecule has 8 heterocycles.